The number of aliphatic hydroxyl groups is 1. The van der Waals surface area contributed by atoms with Crippen LogP contribution in [0.2, 0.25) is 0 Å². The highest BCUT2D eigenvalue weighted by Gasteiger charge is 2.50. The highest BCUT2D eigenvalue weighted by Crippen LogP contribution is 2.37. The Bertz CT molecular complexity index is 246. The van der Waals surface area contributed by atoms with E-state index in [-0.39, 0.29) is 0 Å². The topological polar surface area (TPSA) is 94.8 Å². The van der Waals surface area contributed by atoms with Crippen LogP contribution in [0, 0.1) is 5.41 Å². The maximum Gasteiger partial charge on any atom is 0.336 e. The fraction of sp³-hybridized carbons (Fsp3) is 0.778. The molecule has 0 aliphatic heterocycles. The maximum atomic E-state index is 10.8. The first-order valence-corrected chi connectivity index (χ1v) is 4.35. The molecule has 14 heavy (non-hydrogen) atoms. The predicted molar refractivity (Wildman–Crippen MR) is 48.9 cm³/mol. The second-order valence-corrected chi connectivity index (χ2v) is 3.97. The van der Waals surface area contributed by atoms with Gasteiger partial charge in [0.25, 0.3) is 0 Å². The fourth-order valence-electron chi connectivity index (χ4n) is 1.12. The number of rotatable bonds is 5. The van der Waals surface area contributed by atoms with Crippen LogP contribution in [-0.4, -0.2) is 32.9 Å². The van der Waals surface area contributed by atoms with E-state index in [1.54, 1.807) is 6.92 Å². The minimum absolute atomic E-state index is 0.378. The molecule has 0 bridgehead atoms. The van der Waals surface area contributed by atoms with Crippen molar-refractivity contribution >= 4 is 11.9 Å². The average Bonchev–Trinajstić information content (AvgIpc) is 2.02. The first-order valence-electron chi connectivity index (χ1n) is 4.35. The van der Waals surface area contributed by atoms with Crippen molar-refractivity contribution in [2.45, 2.75) is 39.2 Å². The van der Waals surface area contributed by atoms with E-state index in [1.807, 2.05) is 0 Å². The summed E-state index contributed by atoms with van der Waals surface area (Å²) >= 11 is 0. The lowest BCUT2D eigenvalue weighted by Crippen LogP contribution is -2.52. The van der Waals surface area contributed by atoms with E-state index in [2.05, 4.69) is 0 Å². The van der Waals surface area contributed by atoms with Gasteiger partial charge in [-0.05, 0) is 6.42 Å². The summed E-state index contributed by atoms with van der Waals surface area (Å²) in [4.78, 5) is 21.3. The largest absolute Gasteiger partial charge is 0.481 e. The third kappa shape index (κ3) is 2.23. The Kier molecular flexibility index (Phi) is 3.65. The molecule has 5 heteroatoms. The zero-order chi connectivity index (χ0) is 11.6. The van der Waals surface area contributed by atoms with Crippen LogP contribution in [0.4, 0.5) is 0 Å². The van der Waals surface area contributed by atoms with Crippen molar-refractivity contribution in [3.8, 4) is 0 Å². The summed E-state index contributed by atoms with van der Waals surface area (Å²) in [5, 5.41) is 27.2. The van der Waals surface area contributed by atoms with Gasteiger partial charge in [0.05, 0.1) is 6.42 Å². The molecule has 0 saturated heterocycles. The molecule has 1 unspecified atom stereocenters. The Morgan fingerprint density at radius 2 is 1.64 bits per heavy atom. The normalized spacial score (nSPS) is 16.0. The van der Waals surface area contributed by atoms with E-state index in [4.69, 9.17) is 10.2 Å². The Hall–Kier alpha value is -1.10. The van der Waals surface area contributed by atoms with E-state index in [1.165, 1.54) is 13.8 Å². The molecule has 0 saturated carbocycles. The van der Waals surface area contributed by atoms with Crippen molar-refractivity contribution in [3.63, 3.8) is 0 Å². The van der Waals surface area contributed by atoms with Gasteiger partial charge >= 0.3 is 11.9 Å². The molecular formula is C9H16O5. The quantitative estimate of drug-likeness (QED) is 0.613. The van der Waals surface area contributed by atoms with Gasteiger partial charge in [-0.15, -0.1) is 0 Å². The third-order valence-electron chi connectivity index (χ3n) is 2.76. The van der Waals surface area contributed by atoms with E-state index in [9.17, 15) is 14.7 Å². The molecule has 5 nitrogen and oxygen atoms in total. The van der Waals surface area contributed by atoms with Crippen molar-refractivity contribution in [2.24, 2.45) is 5.41 Å². The zero-order valence-electron chi connectivity index (χ0n) is 8.57. The van der Waals surface area contributed by atoms with Crippen LogP contribution in [0.5, 0.6) is 0 Å². The molecule has 0 heterocycles. The van der Waals surface area contributed by atoms with Crippen LogP contribution in [0.3, 0.4) is 0 Å². The zero-order valence-corrected chi connectivity index (χ0v) is 8.57. The molecule has 0 aromatic rings. The average molecular weight is 204 g/mol. The SMILES string of the molecule is CCC(C)(C)C(O)(CC(=O)O)C(=O)O. The van der Waals surface area contributed by atoms with Gasteiger partial charge in [0.1, 0.15) is 0 Å². The van der Waals surface area contributed by atoms with Crippen LogP contribution in [0.15, 0.2) is 0 Å². The summed E-state index contributed by atoms with van der Waals surface area (Å²) in [6.07, 6.45) is -0.410. The van der Waals surface area contributed by atoms with Crippen LogP contribution < -0.4 is 0 Å². The Morgan fingerprint density at radius 3 is 1.86 bits per heavy atom. The summed E-state index contributed by atoms with van der Waals surface area (Å²) in [6.45, 7) is 4.77. The second-order valence-electron chi connectivity index (χ2n) is 3.97. The fourth-order valence-corrected chi connectivity index (χ4v) is 1.12. The van der Waals surface area contributed by atoms with Gasteiger partial charge in [-0.25, -0.2) is 4.79 Å². The highest BCUT2D eigenvalue weighted by molar-refractivity contribution is 5.84. The number of hydrogen-bond acceptors (Lipinski definition) is 3. The monoisotopic (exact) mass is 204 g/mol. The minimum atomic E-state index is -2.21. The van der Waals surface area contributed by atoms with Crippen LogP contribution in [0.1, 0.15) is 33.6 Å². The summed E-state index contributed by atoms with van der Waals surface area (Å²) in [7, 11) is 0. The lowest BCUT2D eigenvalue weighted by molar-refractivity contribution is -0.180. The third-order valence-corrected chi connectivity index (χ3v) is 2.76. The Balaban J connectivity index is 5.09. The second kappa shape index (κ2) is 3.96. The standard InChI is InChI=1S/C9H16O5/c1-4-8(2,3)9(14,7(12)13)5-6(10)11/h14H,4-5H2,1-3H3,(H,10,11)(H,12,13). The van der Waals surface area contributed by atoms with E-state index < -0.39 is 29.4 Å². The summed E-state index contributed by atoms with van der Waals surface area (Å²) in [5.74, 6) is -2.82. The van der Waals surface area contributed by atoms with Gasteiger partial charge < -0.3 is 15.3 Å². The number of aliphatic carboxylic acids is 2. The summed E-state index contributed by atoms with van der Waals surface area (Å²) < 4.78 is 0. The summed E-state index contributed by atoms with van der Waals surface area (Å²) in [6, 6.07) is 0. The lowest BCUT2D eigenvalue weighted by Gasteiger charge is -2.37. The molecule has 0 spiro atoms. The Morgan fingerprint density at radius 1 is 1.21 bits per heavy atom. The first-order chi connectivity index (χ1) is 6.17. The van der Waals surface area contributed by atoms with E-state index >= 15 is 0 Å². The van der Waals surface area contributed by atoms with Crippen molar-refractivity contribution in [1.29, 1.82) is 0 Å². The lowest BCUT2D eigenvalue weighted by atomic mass is 9.71. The molecule has 0 amide bonds. The molecule has 0 aromatic heterocycles. The van der Waals surface area contributed by atoms with Gasteiger partial charge in [0, 0.05) is 5.41 Å². The van der Waals surface area contributed by atoms with Crippen molar-refractivity contribution in [3.05, 3.63) is 0 Å². The molecule has 1 atom stereocenters. The van der Waals surface area contributed by atoms with Gasteiger partial charge in [-0.1, -0.05) is 20.8 Å². The van der Waals surface area contributed by atoms with Crippen LogP contribution >= 0.6 is 0 Å². The van der Waals surface area contributed by atoms with Crippen molar-refractivity contribution in [1.82, 2.24) is 0 Å². The van der Waals surface area contributed by atoms with Gasteiger partial charge in [0.15, 0.2) is 5.60 Å². The number of carbonyl (C=O) groups is 2. The molecule has 0 rings (SSSR count). The molecule has 0 fully saturated rings. The number of hydrogen-bond donors (Lipinski definition) is 3. The van der Waals surface area contributed by atoms with E-state index in [0.29, 0.717) is 6.42 Å². The summed E-state index contributed by atoms with van der Waals surface area (Å²) in [5.41, 5.74) is -3.19. The maximum absolute atomic E-state index is 10.8. The van der Waals surface area contributed by atoms with Crippen molar-refractivity contribution in [2.75, 3.05) is 0 Å². The molecule has 0 radical (unpaired) electrons. The van der Waals surface area contributed by atoms with Crippen LogP contribution in [0.25, 0.3) is 0 Å². The van der Waals surface area contributed by atoms with Crippen LogP contribution in [-0.2, 0) is 9.59 Å². The smallest absolute Gasteiger partial charge is 0.336 e. The minimum Gasteiger partial charge on any atom is -0.481 e. The molecule has 0 aliphatic carbocycles. The van der Waals surface area contributed by atoms with Gasteiger partial charge in [-0.3, -0.25) is 4.79 Å². The molecule has 0 aliphatic rings. The van der Waals surface area contributed by atoms with Gasteiger partial charge in [-0.2, -0.15) is 0 Å². The predicted octanol–water partition coefficient (Wildman–Crippen LogP) is 0.713. The number of carboxylic acids is 2. The molecule has 82 valence electrons. The number of carboxylic acid groups (broad SMARTS) is 2. The molecule has 0 aromatic carbocycles. The van der Waals surface area contributed by atoms with E-state index in [0.717, 1.165) is 0 Å². The van der Waals surface area contributed by atoms with Crippen molar-refractivity contribution < 1.29 is 24.9 Å². The first kappa shape index (κ1) is 12.9. The highest BCUT2D eigenvalue weighted by atomic mass is 16.4. The van der Waals surface area contributed by atoms with Gasteiger partial charge in [0.2, 0.25) is 0 Å². The molecule has 3 N–H and O–H groups in total. The Labute approximate surface area is 82.4 Å². The molecular weight excluding hydrogens is 188 g/mol.